The first kappa shape index (κ1) is 14.6. The number of halogens is 4. The van der Waals surface area contributed by atoms with Crippen molar-refractivity contribution in [2.24, 2.45) is 0 Å². The largest absolute Gasteiger partial charge is 0.508 e. The van der Waals surface area contributed by atoms with Gasteiger partial charge in [-0.1, -0.05) is 15.9 Å². The van der Waals surface area contributed by atoms with Gasteiger partial charge in [-0.25, -0.2) is 4.98 Å². The Bertz CT molecular complexity index is 600. The highest BCUT2D eigenvalue weighted by atomic mass is 79.9. The molecule has 1 aromatic carbocycles. The summed E-state index contributed by atoms with van der Waals surface area (Å²) in [6.45, 7) is 0.276. The number of pyridine rings is 1. The molecule has 0 atom stereocenters. The molecule has 1 aromatic heterocycles. The number of aromatic hydroxyl groups is 1. The first-order valence-electron chi connectivity index (χ1n) is 5.61. The van der Waals surface area contributed by atoms with Crippen molar-refractivity contribution in [2.75, 3.05) is 5.32 Å². The average Bonchev–Trinajstić information content (AvgIpc) is 2.39. The average molecular weight is 347 g/mol. The van der Waals surface area contributed by atoms with Crippen LogP contribution in [0.1, 0.15) is 11.3 Å². The Morgan fingerprint density at radius 2 is 1.95 bits per heavy atom. The van der Waals surface area contributed by atoms with Crippen LogP contribution < -0.4 is 5.32 Å². The van der Waals surface area contributed by atoms with Crippen molar-refractivity contribution in [2.45, 2.75) is 12.7 Å². The number of phenols is 1. The summed E-state index contributed by atoms with van der Waals surface area (Å²) in [4.78, 5) is 3.34. The van der Waals surface area contributed by atoms with Gasteiger partial charge in [0.25, 0.3) is 0 Å². The van der Waals surface area contributed by atoms with Crippen LogP contribution in [-0.2, 0) is 12.7 Å². The van der Waals surface area contributed by atoms with Crippen LogP contribution in [-0.4, -0.2) is 10.1 Å². The summed E-state index contributed by atoms with van der Waals surface area (Å²) in [5.74, 6) is 0.112. The number of rotatable bonds is 3. The number of phenolic OH excluding ortho intramolecular Hbond substituents is 1. The van der Waals surface area contributed by atoms with E-state index in [1.807, 2.05) is 0 Å². The van der Waals surface area contributed by atoms with Crippen LogP contribution in [0.2, 0.25) is 0 Å². The standard InChI is InChI=1S/C13H10BrF3N2O/c14-9-1-3-11(20)8(5-9)6-18-10-2-4-12(19-7-10)13(15,16)17/h1-5,7,18,20H,6H2. The van der Waals surface area contributed by atoms with Gasteiger partial charge in [0.1, 0.15) is 11.4 Å². The van der Waals surface area contributed by atoms with Gasteiger partial charge >= 0.3 is 6.18 Å². The van der Waals surface area contributed by atoms with E-state index in [9.17, 15) is 18.3 Å². The van der Waals surface area contributed by atoms with Crippen LogP contribution >= 0.6 is 15.9 Å². The van der Waals surface area contributed by atoms with Gasteiger partial charge in [-0.05, 0) is 30.3 Å². The van der Waals surface area contributed by atoms with Gasteiger partial charge in [0, 0.05) is 16.6 Å². The third kappa shape index (κ3) is 3.63. The number of hydrogen-bond donors (Lipinski definition) is 2. The molecule has 3 nitrogen and oxygen atoms in total. The number of aromatic nitrogens is 1. The molecule has 0 spiro atoms. The van der Waals surface area contributed by atoms with E-state index < -0.39 is 11.9 Å². The zero-order valence-electron chi connectivity index (χ0n) is 10.1. The fourth-order valence-electron chi connectivity index (χ4n) is 1.56. The lowest BCUT2D eigenvalue weighted by Gasteiger charge is -2.10. The Hall–Kier alpha value is -1.76. The molecule has 0 bridgehead atoms. The molecule has 2 rings (SSSR count). The van der Waals surface area contributed by atoms with Crippen LogP contribution in [0.5, 0.6) is 5.75 Å². The fraction of sp³-hybridized carbons (Fsp3) is 0.154. The van der Waals surface area contributed by atoms with Gasteiger partial charge in [-0.15, -0.1) is 0 Å². The van der Waals surface area contributed by atoms with Gasteiger partial charge in [0.05, 0.1) is 11.9 Å². The highest BCUT2D eigenvalue weighted by Crippen LogP contribution is 2.28. The third-order valence-corrected chi connectivity index (χ3v) is 3.07. The van der Waals surface area contributed by atoms with Crippen molar-refractivity contribution < 1.29 is 18.3 Å². The summed E-state index contributed by atoms with van der Waals surface area (Å²) in [6, 6.07) is 7.15. The zero-order chi connectivity index (χ0) is 14.8. The monoisotopic (exact) mass is 346 g/mol. The smallest absolute Gasteiger partial charge is 0.433 e. The topological polar surface area (TPSA) is 45.1 Å². The van der Waals surface area contributed by atoms with Crippen molar-refractivity contribution in [1.82, 2.24) is 4.98 Å². The molecule has 106 valence electrons. The van der Waals surface area contributed by atoms with E-state index in [0.717, 1.165) is 16.7 Å². The van der Waals surface area contributed by atoms with Crippen molar-refractivity contribution in [1.29, 1.82) is 0 Å². The summed E-state index contributed by atoms with van der Waals surface area (Å²) >= 11 is 3.28. The Morgan fingerprint density at radius 3 is 2.55 bits per heavy atom. The maximum Gasteiger partial charge on any atom is 0.433 e. The molecular formula is C13H10BrF3N2O. The van der Waals surface area contributed by atoms with Crippen LogP contribution in [0, 0.1) is 0 Å². The van der Waals surface area contributed by atoms with Crippen LogP contribution in [0.3, 0.4) is 0 Å². The summed E-state index contributed by atoms with van der Waals surface area (Å²) < 4.78 is 37.8. The quantitative estimate of drug-likeness (QED) is 0.876. The first-order valence-corrected chi connectivity index (χ1v) is 6.40. The number of nitrogens with zero attached hydrogens (tertiary/aromatic N) is 1. The summed E-state index contributed by atoms with van der Waals surface area (Å²) in [7, 11) is 0. The lowest BCUT2D eigenvalue weighted by molar-refractivity contribution is -0.141. The molecule has 1 heterocycles. The van der Waals surface area contributed by atoms with Gasteiger partial charge in [-0.3, -0.25) is 0 Å². The van der Waals surface area contributed by atoms with E-state index in [0.29, 0.717) is 11.3 Å². The van der Waals surface area contributed by atoms with Crippen molar-refractivity contribution in [3.05, 3.63) is 52.3 Å². The van der Waals surface area contributed by atoms with Crippen LogP contribution in [0.25, 0.3) is 0 Å². The molecule has 0 radical (unpaired) electrons. The molecular weight excluding hydrogens is 337 g/mol. The SMILES string of the molecule is Oc1ccc(Br)cc1CNc1ccc(C(F)(F)F)nc1. The molecule has 0 saturated heterocycles. The van der Waals surface area contributed by atoms with E-state index in [2.05, 4.69) is 26.2 Å². The molecule has 2 N–H and O–H groups in total. The van der Waals surface area contributed by atoms with Gasteiger partial charge < -0.3 is 10.4 Å². The number of alkyl halides is 3. The Balaban J connectivity index is 2.06. The van der Waals surface area contributed by atoms with E-state index in [4.69, 9.17) is 0 Å². The number of hydrogen-bond acceptors (Lipinski definition) is 3. The van der Waals surface area contributed by atoms with E-state index in [1.54, 1.807) is 12.1 Å². The predicted molar refractivity (Wildman–Crippen MR) is 72.4 cm³/mol. The molecule has 0 aliphatic rings. The molecule has 0 fully saturated rings. The molecule has 7 heteroatoms. The van der Waals surface area contributed by atoms with Gasteiger partial charge in [0.2, 0.25) is 0 Å². The van der Waals surface area contributed by atoms with E-state index >= 15 is 0 Å². The van der Waals surface area contributed by atoms with Crippen LogP contribution in [0.4, 0.5) is 18.9 Å². The van der Waals surface area contributed by atoms with E-state index in [1.165, 1.54) is 12.1 Å². The number of benzene rings is 1. The second-order valence-electron chi connectivity index (χ2n) is 4.06. The minimum Gasteiger partial charge on any atom is -0.508 e. The highest BCUT2D eigenvalue weighted by molar-refractivity contribution is 9.10. The summed E-state index contributed by atoms with van der Waals surface area (Å²) in [6.07, 6.45) is -3.33. The number of nitrogens with one attached hydrogen (secondary N) is 1. The van der Waals surface area contributed by atoms with E-state index in [-0.39, 0.29) is 12.3 Å². The van der Waals surface area contributed by atoms with Gasteiger partial charge in [0.15, 0.2) is 0 Å². The minimum atomic E-state index is -4.44. The Kier molecular flexibility index (Phi) is 4.17. The lowest BCUT2D eigenvalue weighted by Crippen LogP contribution is -2.08. The summed E-state index contributed by atoms with van der Waals surface area (Å²) in [5, 5.41) is 12.5. The van der Waals surface area contributed by atoms with Gasteiger partial charge in [-0.2, -0.15) is 13.2 Å². The van der Waals surface area contributed by atoms with Crippen molar-refractivity contribution in [3.63, 3.8) is 0 Å². The second-order valence-corrected chi connectivity index (χ2v) is 4.97. The fourth-order valence-corrected chi connectivity index (χ4v) is 1.97. The molecule has 0 aliphatic heterocycles. The highest BCUT2D eigenvalue weighted by Gasteiger charge is 2.31. The normalized spacial score (nSPS) is 11.4. The zero-order valence-corrected chi connectivity index (χ0v) is 11.7. The maximum atomic E-state index is 12.3. The van der Waals surface area contributed by atoms with Crippen molar-refractivity contribution >= 4 is 21.6 Å². The molecule has 0 aliphatic carbocycles. The molecule has 0 unspecified atom stereocenters. The summed E-state index contributed by atoms with van der Waals surface area (Å²) in [5.41, 5.74) is 0.130. The van der Waals surface area contributed by atoms with Crippen LogP contribution in [0.15, 0.2) is 41.0 Å². The second kappa shape index (κ2) is 5.70. The Morgan fingerprint density at radius 1 is 1.20 bits per heavy atom. The minimum absolute atomic E-state index is 0.112. The Labute approximate surface area is 121 Å². The maximum absolute atomic E-state index is 12.3. The molecule has 0 saturated carbocycles. The first-order chi connectivity index (χ1) is 9.36. The molecule has 20 heavy (non-hydrogen) atoms. The van der Waals surface area contributed by atoms with Crippen molar-refractivity contribution in [3.8, 4) is 5.75 Å². The predicted octanol–water partition coefficient (Wildman–Crippen LogP) is 4.18. The molecule has 0 amide bonds. The molecule has 2 aromatic rings. The third-order valence-electron chi connectivity index (χ3n) is 2.58. The lowest BCUT2D eigenvalue weighted by atomic mass is 10.2. The number of anilines is 1.